The standard InChI is InChI=1S/C19H17ClN4O3/c1-26-12-7-8-15(17(11-12)27-2)23-19-21-10-9-16(24-19)18(25)22-14-6-4-3-5-13(14)20/h3-11H,1-2H3,(H,22,25)(H,21,23,24). The Kier molecular flexibility index (Phi) is 5.73. The van der Waals surface area contributed by atoms with Crippen molar-refractivity contribution in [3.63, 3.8) is 0 Å². The highest BCUT2D eigenvalue weighted by molar-refractivity contribution is 6.33. The number of carbonyl (C=O) groups excluding carboxylic acids is 1. The molecule has 0 saturated carbocycles. The maximum Gasteiger partial charge on any atom is 0.274 e. The number of anilines is 3. The fourth-order valence-corrected chi connectivity index (χ4v) is 2.50. The van der Waals surface area contributed by atoms with Crippen molar-refractivity contribution in [3.8, 4) is 11.5 Å². The number of methoxy groups -OCH3 is 2. The molecule has 3 rings (SSSR count). The van der Waals surface area contributed by atoms with Crippen molar-refractivity contribution < 1.29 is 14.3 Å². The number of hydrogen-bond donors (Lipinski definition) is 2. The first-order valence-electron chi connectivity index (χ1n) is 7.98. The van der Waals surface area contributed by atoms with Crippen molar-refractivity contribution in [1.29, 1.82) is 0 Å². The van der Waals surface area contributed by atoms with Crippen LogP contribution in [0.2, 0.25) is 5.02 Å². The molecule has 1 heterocycles. The van der Waals surface area contributed by atoms with Gasteiger partial charge in [-0.25, -0.2) is 9.97 Å². The lowest BCUT2D eigenvalue weighted by Crippen LogP contribution is -2.15. The van der Waals surface area contributed by atoms with Crippen molar-refractivity contribution >= 4 is 34.8 Å². The van der Waals surface area contributed by atoms with Crippen molar-refractivity contribution in [2.24, 2.45) is 0 Å². The second-order valence-electron chi connectivity index (χ2n) is 5.39. The van der Waals surface area contributed by atoms with Gasteiger partial charge < -0.3 is 20.1 Å². The predicted octanol–water partition coefficient (Wildman–Crippen LogP) is 4.14. The number of benzene rings is 2. The van der Waals surface area contributed by atoms with E-state index in [0.717, 1.165) is 0 Å². The Morgan fingerprint density at radius 3 is 2.59 bits per heavy atom. The minimum atomic E-state index is -0.393. The first kappa shape index (κ1) is 18.5. The molecule has 0 fully saturated rings. The highest BCUT2D eigenvalue weighted by Gasteiger charge is 2.12. The van der Waals surface area contributed by atoms with Gasteiger partial charge in [-0.05, 0) is 30.3 Å². The molecular formula is C19H17ClN4O3. The van der Waals surface area contributed by atoms with Crippen LogP contribution >= 0.6 is 11.6 Å². The number of nitrogens with one attached hydrogen (secondary N) is 2. The van der Waals surface area contributed by atoms with Crippen LogP contribution in [0.4, 0.5) is 17.3 Å². The van der Waals surface area contributed by atoms with Gasteiger partial charge in [0, 0.05) is 12.3 Å². The van der Waals surface area contributed by atoms with Gasteiger partial charge in [-0.2, -0.15) is 0 Å². The molecule has 0 unspecified atom stereocenters. The maximum absolute atomic E-state index is 12.4. The summed E-state index contributed by atoms with van der Waals surface area (Å²) in [4.78, 5) is 20.8. The molecule has 27 heavy (non-hydrogen) atoms. The van der Waals surface area contributed by atoms with Crippen LogP contribution in [-0.4, -0.2) is 30.1 Å². The summed E-state index contributed by atoms with van der Waals surface area (Å²) in [5, 5.41) is 6.21. The summed E-state index contributed by atoms with van der Waals surface area (Å²) < 4.78 is 10.5. The molecule has 7 nitrogen and oxygen atoms in total. The molecular weight excluding hydrogens is 368 g/mol. The average Bonchev–Trinajstić information content (AvgIpc) is 2.70. The zero-order valence-electron chi connectivity index (χ0n) is 14.7. The molecule has 0 spiro atoms. The normalized spacial score (nSPS) is 10.2. The van der Waals surface area contributed by atoms with E-state index < -0.39 is 5.91 Å². The SMILES string of the molecule is COc1ccc(Nc2nccc(C(=O)Nc3ccccc3Cl)n2)c(OC)c1. The summed E-state index contributed by atoms with van der Waals surface area (Å²) in [5.74, 6) is 1.08. The molecule has 0 atom stereocenters. The predicted molar refractivity (Wildman–Crippen MR) is 104 cm³/mol. The van der Waals surface area contributed by atoms with E-state index in [1.165, 1.54) is 12.3 Å². The molecule has 0 radical (unpaired) electrons. The molecule has 1 aromatic heterocycles. The van der Waals surface area contributed by atoms with Gasteiger partial charge in [0.25, 0.3) is 5.91 Å². The van der Waals surface area contributed by atoms with E-state index >= 15 is 0 Å². The van der Waals surface area contributed by atoms with E-state index in [4.69, 9.17) is 21.1 Å². The number of hydrogen-bond acceptors (Lipinski definition) is 6. The molecule has 2 aromatic carbocycles. The Labute approximate surface area is 161 Å². The monoisotopic (exact) mass is 384 g/mol. The van der Waals surface area contributed by atoms with Gasteiger partial charge in [0.15, 0.2) is 0 Å². The minimum absolute atomic E-state index is 0.194. The lowest BCUT2D eigenvalue weighted by molar-refractivity contribution is 0.102. The van der Waals surface area contributed by atoms with Gasteiger partial charge in [-0.15, -0.1) is 0 Å². The van der Waals surface area contributed by atoms with Gasteiger partial charge >= 0.3 is 0 Å². The smallest absolute Gasteiger partial charge is 0.274 e. The minimum Gasteiger partial charge on any atom is -0.497 e. The fourth-order valence-electron chi connectivity index (χ4n) is 2.32. The molecule has 0 bridgehead atoms. The van der Waals surface area contributed by atoms with Crippen LogP contribution in [0, 0.1) is 0 Å². The lowest BCUT2D eigenvalue weighted by Gasteiger charge is -2.12. The number of carbonyl (C=O) groups is 1. The highest BCUT2D eigenvalue weighted by Crippen LogP contribution is 2.30. The summed E-state index contributed by atoms with van der Waals surface area (Å²) >= 11 is 6.07. The van der Waals surface area contributed by atoms with Gasteiger partial charge in [-0.3, -0.25) is 4.79 Å². The fraction of sp³-hybridized carbons (Fsp3) is 0.105. The van der Waals surface area contributed by atoms with Crippen LogP contribution in [-0.2, 0) is 0 Å². The van der Waals surface area contributed by atoms with Crippen molar-refractivity contribution in [3.05, 3.63) is 65.4 Å². The molecule has 0 aliphatic rings. The number of amides is 1. The molecule has 8 heteroatoms. The van der Waals surface area contributed by atoms with Crippen molar-refractivity contribution in [1.82, 2.24) is 9.97 Å². The topological polar surface area (TPSA) is 85.4 Å². The maximum atomic E-state index is 12.4. The lowest BCUT2D eigenvalue weighted by atomic mass is 10.2. The van der Waals surface area contributed by atoms with Gasteiger partial charge in [0.2, 0.25) is 5.95 Å². The number of para-hydroxylation sites is 1. The van der Waals surface area contributed by atoms with Crippen LogP contribution in [0.5, 0.6) is 11.5 Å². The van der Waals surface area contributed by atoms with Gasteiger partial charge in [-0.1, -0.05) is 23.7 Å². The van der Waals surface area contributed by atoms with E-state index in [2.05, 4.69) is 20.6 Å². The van der Waals surface area contributed by atoms with Crippen molar-refractivity contribution in [2.45, 2.75) is 0 Å². The zero-order chi connectivity index (χ0) is 19.2. The molecule has 0 saturated heterocycles. The Morgan fingerprint density at radius 1 is 1.04 bits per heavy atom. The van der Waals surface area contributed by atoms with E-state index in [1.54, 1.807) is 56.7 Å². The second kappa shape index (κ2) is 8.37. The largest absolute Gasteiger partial charge is 0.497 e. The third kappa shape index (κ3) is 4.45. The van der Waals surface area contributed by atoms with Crippen LogP contribution in [0.1, 0.15) is 10.5 Å². The van der Waals surface area contributed by atoms with Crippen LogP contribution in [0.25, 0.3) is 0 Å². The van der Waals surface area contributed by atoms with E-state index in [9.17, 15) is 4.79 Å². The number of nitrogens with zero attached hydrogens (tertiary/aromatic N) is 2. The van der Waals surface area contributed by atoms with E-state index in [1.807, 2.05) is 0 Å². The zero-order valence-corrected chi connectivity index (χ0v) is 15.4. The summed E-state index contributed by atoms with van der Waals surface area (Å²) in [6.07, 6.45) is 1.49. The number of ether oxygens (including phenoxy) is 2. The summed E-state index contributed by atoms with van der Waals surface area (Å²) in [7, 11) is 3.13. The van der Waals surface area contributed by atoms with Gasteiger partial charge in [0.1, 0.15) is 17.2 Å². The molecule has 2 N–H and O–H groups in total. The Morgan fingerprint density at radius 2 is 1.85 bits per heavy atom. The number of halogens is 1. The van der Waals surface area contributed by atoms with Gasteiger partial charge in [0.05, 0.1) is 30.6 Å². The number of rotatable bonds is 6. The Hall–Kier alpha value is -3.32. The van der Waals surface area contributed by atoms with E-state index in [-0.39, 0.29) is 11.6 Å². The quantitative estimate of drug-likeness (QED) is 0.664. The summed E-state index contributed by atoms with van der Waals surface area (Å²) in [5.41, 5.74) is 1.34. The first-order chi connectivity index (χ1) is 13.1. The molecule has 0 aliphatic heterocycles. The van der Waals surface area contributed by atoms with E-state index in [0.29, 0.717) is 27.9 Å². The Balaban J connectivity index is 1.80. The molecule has 138 valence electrons. The second-order valence-corrected chi connectivity index (χ2v) is 5.80. The Bertz CT molecular complexity index is 965. The molecule has 0 aliphatic carbocycles. The van der Waals surface area contributed by atoms with Crippen LogP contribution < -0.4 is 20.1 Å². The summed E-state index contributed by atoms with van der Waals surface area (Å²) in [6.45, 7) is 0. The third-order valence-corrected chi connectivity index (χ3v) is 4.00. The third-order valence-electron chi connectivity index (χ3n) is 3.67. The summed E-state index contributed by atoms with van der Waals surface area (Å²) in [6, 6.07) is 13.8. The van der Waals surface area contributed by atoms with Crippen molar-refractivity contribution in [2.75, 3.05) is 24.9 Å². The average molecular weight is 385 g/mol. The number of aromatic nitrogens is 2. The first-order valence-corrected chi connectivity index (χ1v) is 8.36. The highest BCUT2D eigenvalue weighted by atomic mass is 35.5. The van der Waals surface area contributed by atoms with Crippen LogP contribution in [0.15, 0.2) is 54.7 Å². The molecule has 1 amide bonds. The molecule has 3 aromatic rings. The van der Waals surface area contributed by atoms with Crippen LogP contribution in [0.3, 0.4) is 0 Å².